The second-order valence-electron chi connectivity index (χ2n) is 6.63. The van der Waals surface area contributed by atoms with Crippen LogP contribution >= 0.6 is 0 Å². The van der Waals surface area contributed by atoms with Gasteiger partial charge >= 0.3 is 0 Å². The van der Waals surface area contributed by atoms with E-state index in [1.54, 1.807) is 0 Å². The van der Waals surface area contributed by atoms with Gasteiger partial charge in [-0.25, -0.2) is 0 Å². The molecule has 1 aliphatic carbocycles. The van der Waals surface area contributed by atoms with Crippen molar-refractivity contribution in [2.75, 3.05) is 0 Å². The van der Waals surface area contributed by atoms with E-state index < -0.39 is 0 Å². The van der Waals surface area contributed by atoms with Crippen molar-refractivity contribution in [3.05, 3.63) is 12.3 Å². The smallest absolute Gasteiger partial charge is 0.122 e. The van der Waals surface area contributed by atoms with Crippen LogP contribution in [0.25, 0.3) is 0 Å². The van der Waals surface area contributed by atoms with E-state index in [4.69, 9.17) is 4.74 Å². The van der Waals surface area contributed by atoms with E-state index in [0.29, 0.717) is 18.2 Å². The molecule has 3 heteroatoms. The van der Waals surface area contributed by atoms with Crippen molar-refractivity contribution in [3.8, 4) is 0 Å². The molecule has 5 atom stereocenters. The lowest BCUT2D eigenvalue weighted by molar-refractivity contribution is -0.110. The quantitative estimate of drug-likeness (QED) is 0.519. The van der Waals surface area contributed by atoms with Gasteiger partial charge in [-0.1, -0.05) is 20.4 Å². The average molecular weight is 279 g/mol. The van der Waals surface area contributed by atoms with Gasteiger partial charge in [0, 0.05) is 17.7 Å². The summed E-state index contributed by atoms with van der Waals surface area (Å²) in [7, 11) is 0. The number of fused-ring (bicyclic) bond motifs is 1. The van der Waals surface area contributed by atoms with E-state index in [9.17, 15) is 4.79 Å². The van der Waals surface area contributed by atoms with Gasteiger partial charge < -0.3 is 14.8 Å². The molecule has 2 rings (SSSR count). The Labute approximate surface area is 123 Å². The number of hydrogen-bond donors (Lipinski definition) is 1. The van der Waals surface area contributed by atoms with Crippen LogP contribution in [0.4, 0.5) is 0 Å². The molecule has 5 unspecified atom stereocenters. The van der Waals surface area contributed by atoms with E-state index in [2.05, 4.69) is 18.8 Å². The normalized spacial score (nSPS) is 31.0. The van der Waals surface area contributed by atoms with E-state index in [1.807, 2.05) is 6.92 Å². The van der Waals surface area contributed by atoms with E-state index in [-0.39, 0.29) is 5.92 Å². The number of allylic oxidation sites excluding steroid dienone is 1. The predicted octanol–water partition coefficient (Wildman–Crippen LogP) is 3.44. The summed E-state index contributed by atoms with van der Waals surface area (Å²) >= 11 is 0. The molecule has 1 N–H and O–H groups in total. The number of epoxide rings is 1. The van der Waals surface area contributed by atoms with Crippen LogP contribution < -0.4 is 5.32 Å². The Kier molecular flexibility index (Phi) is 5.64. The molecule has 1 heterocycles. The van der Waals surface area contributed by atoms with Crippen LogP contribution in [0.15, 0.2) is 12.3 Å². The molecule has 0 aromatic heterocycles. The van der Waals surface area contributed by atoms with Crippen LogP contribution in [0, 0.1) is 11.8 Å². The highest BCUT2D eigenvalue weighted by Crippen LogP contribution is 2.41. The van der Waals surface area contributed by atoms with Gasteiger partial charge in [0.25, 0.3) is 0 Å². The third kappa shape index (κ3) is 4.62. The standard InChI is InChI=1S/C17H29NO2/c1-4-15(9-12(2)11-19)18-13(3)5-6-14-7-8-16-17(10-14)20-16/h11-12,14-18H,3-10H2,1-2H3. The molecule has 20 heavy (non-hydrogen) atoms. The molecule has 0 spiro atoms. The molecule has 0 radical (unpaired) electrons. The topological polar surface area (TPSA) is 41.6 Å². The Morgan fingerprint density at radius 1 is 1.45 bits per heavy atom. The first-order valence-corrected chi connectivity index (χ1v) is 8.17. The lowest BCUT2D eigenvalue weighted by Crippen LogP contribution is -2.30. The molecule has 1 saturated heterocycles. The molecule has 2 aliphatic rings. The zero-order valence-corrected chi connectivity index (χ0v) is 12.9. The Hall–Kier alpha value is -0.830. The number of ether oxygens (including phenoxy) is 1. The molecule has 0 aromatic carbocycles. The molecule has 1 aliphatic heterocycles. The number of hydrogen-bond acceptors (Lipinski definition) is 3. The zero-order valence-electron chi connectivity index (χ0n) is 12.9. The molecule has 114 valence electrons. The van der Waals surface area contributed by atoms with Crippen molar-refractivity contribution in [2.24, 2.45) is 11.8 Å². The highest BCUT2D eigenvalue weighted by Gasteiger charge is 2.43. The van der Waals surface area contributed by atoms with Crippen LogP contribution in [0.2, 0.25) is 0 Å². The maximum atomic E-state index is 10.7. The molecule has 0 aromatic rings. The van der Waals surface area contributed by atoms with E-state index in [0.717, 1.165) is 37.2 Å². The summed E-state index contributed by atoms with van der Waals surface area (Å²) in [6, 6.07) is 0.380. The zero-order chi connectivity index (χ0) is 14.5. The number of carbonyl (C=O) groups is 1. The molecule has 1 saturated carbocycles. The predicted molar refractivity (Wildman–Crippen MR) is 81.4 cm³/mol. The molecule has 3 nitrogen and oxygen atoms in total. The fourth-order valence-corrected chi connectivity index (χ4v) is 3.32. The Morgan fingerprint density at radius 3 is 2.90 bits per heavy atom. The van der Waals surface area contributed by atoms with Gasteiger partial charge in [0.15, 0.2) is 0 Å². The van der Waals surface area contributed by atoms with E-state index in [1.165, 1.54) is 25.7 Å². The number of rotatable bonds is 9. The average Bonchev–Trinajstić information content (AvgIpc) is 3.22. The number of nitrogens with one attached hydrogen (secondary N) is 1. The van der Waals surface area contributed by atoms with Gasteiger partial charge in [-0.3, -0.25) is 0 Å². The second-order valence-corrected chi connectivity index (χ2v) is 6.63. The van der Waals surface area contributed by atoms with Gasteiger partial charge in [0.05, 0.1) is 12.2 Å². The summed E-state index contributed by atoms with van der Waals surface area (Å²) in [5.74, 6) is 0.939. The van der Waals surface area contributed by atoms with Gasteiger partial charge in [-0.15, -0.1) is 0 Å². The SMILES string of the molecule is C=C(CCC1CCC2OC2C1)NC(CC)CC(C)C=O. The Bertz CT molecular complexity index is 342. The van der Waals surface area contributed by atoms with Crippen LogP contribution in [-0.4, -0.2) is 24.5 Å². The van der Waals surface area contributed by atoms with Crippen LogP contribution in [0.1, 0.15) is 58.8 Å². The Balaban J connectivity index is 1.64. The monoisotopic (exact) mass is 279 g/mol. The molecular weight excluding hydrogens is 250 g/mol. The highest BCUT2D eigenvalue weighted by molar-refractivity contribution is 5.52. The maximum Gasteiger partial charge on any atom is 0.122 e. The van der Waals surface area contributed by atoms with Crippen molar-refractivity contribution in [2.45, 2.75) is 77.0 Å². The molecule has 2 fully saturated rings. The molecule has 0 amide bonds. The van der Waals surface area contributed by atoms with Gasteiger partial charge in [0.2, 0.25) is 0 Å². The first-order valence-electron chi connectivity index (χ1n) is 8.17. The van der Waals surface area contributed by atoms with Crippen LogP contribution in [0.5, 0.6) is 0 Å². The van der Waals surface area contributed by atoms with Crippen molar-refractivity contribution in [1.82, 2.24) is 5.32 Å². The number of carbonyl (C=O) groups excluding carboxylic acids is 1. The third-order valence-corrected chi connectivity index (χ3v) is 4.76. The summed E-state index contributed by atoms with van der Waals surface area (Å²) in [5, 5.41) is 3.51. The van der Waals surface area contributed by atoms with Crippen molar-refractivity contribution >= 4 is 6.29 Å². The second kappa shape index (κ2) is 7.26. The minimum absolute atomic E-state index is 0.127. The summed E-state index contributed by atoms with van der Waals surface area (Å²) < 4.78 is 5.58. The highest BCUT2D eigenvalue weighted by atomic mass is 16.6. The van der Waals surface area contributed by atoms with Gasteiger partial charge in [-0.05, 0) is 50.9 Å². The molecular formula is C17H29NO2. The number of aldehydes is 1. The minimum Gasteiger partial charge on any atom is -0.386 e. The summed E-state index contributed by atoms with van der Waals surface area (Å²) in [5.41, 5.74) is 1.13. The largest absolute Gasteiger partial charge is 0.386 e. The van der Waals surface area contributed by atoms with Crippen molar-refractivity contribution < 1.29 is 9.53 Å². The summed E-state index contributed by atoms with van der Waals surface area (Å²) in [4.78, 5) is 10.7. The Morgan fingerprint density at radius 2 is 2.25 bits per heavy atom. The summed E-state index contributed by atoms with van der Waals surface area (Å²) in [6.07, 6.45) is 10.2. The maximum absolute atomic E-state index is 10.7. The minimum atomic E-state index is 0.127. The summed E-state index contributed by atoms with van der Waals surface area (Å²) in [6.45, 7) is 8.30. The lowest BCUT2D eigenvalue weighted by atomic mass is 9.86. The first kappa shape index (κ1) is 15.6. The van der Waals surface area contributed by atoms with E-state index >= 15 is 0 Å². The fraction of sp³-hybridized carbons (Fsp3) is 0.824. The van der Waals surface area contributed by atoms with Crippen LogP contribution in [-0.2, 0) is 9.53 Å². The van der Waals surface area contributed by atoms with Crippen molar-refractivity contribution in [3.63, 3.8) is 0 Å². The van der Waals surface area contributed by atoms with Gasteiger partial charge in [-0.2, -0.15) is 0 Å². The van der Waals surface area contributed by atoms with Crippen molar-refractivity contribution in [1.29, 1.82) is 0 Å². The third-order valence-electron chi connectivity index (χ3n) is 4.76. The first-order chi connectivity index (χ1) is 9.62. The van der Waals surface area contributed by atoms with Crippen LogP contribution in [0.3, 0.4) is 0 Å². The molecule has 0 bridgehead atoms. The lowest BCUT2D eigenvalue weighted by Gasteiger charge is -2.23. The van der Waals surface area contributed by atoms with Gasteiger partial charge in [0.1, 0.15) is 6.29 Å². The fourth-order valence-electron chi connectivity index (χ4n) is 3.32.